The molecule has 1 unspecified atom stereocenters. The number of carbonyl (C=O) groups excluding carboxylic acids is 1. The molecule has 0 radical (unpaired) electrons. The number of anilines is 1. The highest BCUT2D eigenvalue weighted by molar-refractivity contribution is 7.09. The van der Waals surface area contributed by atoms with E-state index < -0.39 is 0 Å². The summed E-state index contributed by atoms with van der Waals surface area (Å²) in [5.41, 5.74) is 0. The van der Waals surface area contributed by atoms with Crippen molar-refractivity contribution in [2.75, 3.05) is 18.4 Å². The van der Waals surface area contributed by atoms with E-state index in [1.54, 1.807) is 0 Å². The molecule has 16 heavy (non-hydrogen) atoms. The fourth-order valence-corrected chi connectivity index (χ4v) is 2.25. The maximum Gasteiger partial charge on any atom is 0.231 e. The van der Waals surface area contributed by atoms with Crippen LogP contribution in [-0.4, -0.2) is 33.8 Å². The van der Waals surface area contributed by atoms with Crippen LogP contribution in [-0.2, 0) is 4.79 Å². The molecule has 0 aromatic carbocycles. The molecule has 1 aromatic rings. The number of hydrogen-bond donors (Lipinski definition) is 2. The van der Waals surface area contributed by atoms with E-state index in [-0.39, 0.29) is 5.91 Å². The summed E-state index contributed by atoms with van der Waals surface area (Å²) in [4.78, 5) is 11.5. The summed E-state index contributed by atoms with van der Waals surface area (Å²) >= 11 is 1.10. The summed E-state index contributed by atoms with van der Waals surface area (Å²) < 4.78 is 3.58. The van der Waals surface area contributed by atoms with Crippen molar-refractivity contribution in [3.8, 4) is 0 Å². The number of nitrogens with zero attached hydrogens (tertiary/aromatic N) is 3. The van der Waals surface area contributed by atoms with Gasteiger partial charge in [0.1, 0.15) is 0 Å². The standard InChI is InChI=1S/C9H15N5OS/c15-8(11-9-12-13-14-16-9)4-3-7-2-1-5-10-6-7/h7,10H,1-6H2,(H,11,12,14,15). The lowest BCUT2D eigenvalue weighted by Crippen LogP contribution is -2.30. The maximum atomic E-state index is 11.5. The van der Waals surface area contributed by atoms with Gasteiger partial charge in [-0.3, -0.25) is 10.1 Å². The Labute approximate surface area is 98.0 Å². The van der Waals surface area contributed by atoms with E-state index in [1.165, 1.54) is 12.8 Å². The molecule has 1 fully saturated rings. The fourth-order valence-electron chi connectivity index (χ4n) is 1.87. The van der Waals surface area contributed by atoms with Crippen molar-refractivity contribution in [3.63, 3.8) is 0 Å². The van der Waals surface area contributed by atoms with E-state index >= 15 is 0 Å². The average molecular weight is 241 g/mol. The van der Waals surface area contributed by atoms with Gasteiger partial charge in [-0.05, 0) is 43.5 Å². The molecule has 0 spiro atoms. The number of aromatic nitrogens is 3. The number of rotatable bonds is 4. The van der Waals surface area contributed by atoms with Crippen LogP contribution in [0.3, 0.4) is 0 Å². The van der Waals surface area contributed by atoms with E-state index in [1.807, 2.05) is 0 Å². The summed E-state index contributed by atoms with van der Waals surface area (Å²) in [5.74, 6) is 0.635. The van der Waals surface area contributed by atoms with Crippen molar-refractivity contribution in [2.45, 2.75) is 25.7 Å². The van der Waals surface area contributed by atoms with Crippen LogP contribution in [0.4, 0.5) is 5.13 Å². The van der Waals surface area contributed by atoms with E-state index in [9.17, 15) is 4.79 Å². The molecule has 1 amide bonds. The van der Waals surface area contributed by atoms with E-state index in [4.69, 9.17) is 0 Å². The Morgan fingerprint density at radius 3 is 3.25 bits per heavy atom. The first-order valence-corrected chi connectivity index (χ1v) is 6.27. The lowest BCUT2D eigenvalue weighted by molar-refractivity contribution is -0.116. The minimum atomic E-state index is 0.00382. The van der Waals surface area contributed by atoms with Crippen molar-refractivity contribution in [3.05, 3.63) is 0 Å². The predicted octanol–water partition coefficient (Wildman–Crippen LogP) is 0.651. The minimum Gasteiger partial charge on any atom is -0.316 e. The average Bonchev–Trinajstić information content (AvgIpc) is 2.81. The zero-order valence-electron chi connectivity index (χ0n) is 8.98. The summed E-state index contributed by atoms with van der Waals surface area (Å²) in [6.45, 7) is 2.15. The second-order valence-electron chi connectivity index (χ2n) is 3.97. The lowest BCUT2D eigenvalue weighted by Gasteiger charge is -2.22. The van der Waals surface area contributed by atoms with Gasteiger partial charge in [-0.25, -0.2) is 0 Å². The van der Waals surface area contributed by atoms with Gasteiger partial charge < -0.3 is 5.32 Å². The highest BCUT2D eigenvalue weighted by Gasteiger charge is 2.14. The van der Waals surface area contributed by atoms with Gasteiger partial charge in [0.05, 0.1) is 0 Å². The van der Waals surface area contributed by atoms with Crippen molar-refractivity contribution in [1.29, 1.82) is 0 Å². The molecule has 88 valence electrons. The molecule has 1 aromatic heterocycles. The zero-order valence-corrected chi connectivity index (χ0v) is 9.79. The molecule has 2 N–H and O–H groups in total. The first-order valence-electron chi connectivity index (χ1n) is 5.50. The minimum absolute atomic E-state index is 0.00382. The molecule has 2 rings (SSSR count). The van der Waals surface area contributed by atoms with Crippen LogP contribution in [0.1, 0.15) is 25.7 Å². The van der Waals surface area contributed by atoms with Gasteiger partial charge in [0, 0.05) is 18.0 Å². The fraction of sp³-hybridized carbons (Fsp3) is 0.778. The van der Waals surface area contributed by atoms with Crippen molar-refractivity contribution < 1.29 is 4.79 Å². The van der Waals surface area contributed by atoms with E-state index in [0.29, 0.717) is 17.5 Å². The summed E-state index contributed by atoms with van der Waals surface area (Å²) in [6.07, 6.45) is 3.92. The van der Waals surface area contributed by atoms with Gasteiger partial charge in [-0.2, -0.15) is 0 Å². The van der Waals surface area contributed by atoms with Gasteiger partial charge in [-0.1, -0.05) is 9.59 Å². The quantitative estimate of drug-likeness (QED) is 0.809. The van der Waals surface area contributed by atoms with Crippen LogP contribution < -0.4 is 10.6 Å². The Balaban J connectivity index is 1.67. The highest BCUT2D eigenvalue weighted by atomic mass is 32.1. The van der Waals surface area contributed by atoms with Gasteiger partial charge in [0.2, 0.25) is 11.0 Å². The highest BCUT2D eigenvalue weighted by Crippen LogP contribution is 2.16. The number of hydrogen-bond acceptors (Lipinski definition) is 6. The summed E-state index contributed by atoms with van der Waals surface area (Å²) in [7, 11) is 0. The molecule has 1 atom stereocenters. The smallest absolute Gasteiger partial charge is 0.231 e. The molecule has 0 saturated carbocycles. The van der Waals surface area contributed by atoms with Gasteiger partial charge in [-0.15, -0.1) is 0 Å². The van der Waals surface area contributed by atoms with Crippen molar-refractivity contribution in [2.24, 2.45) is 5.92 Å². The molecule has 7 heteroatoms. The van der Waals surface area contributed by atoms with Crippen LogP contribution >= 0.6 is 11.5 Å². The lowest BCUT2D eigenvalue weighted by atomic mass is 9.94. The first-order chi connectivity index (χ1) is 7.84. The Bertz CT molecular complexity index is 323. The number of piperidine rings is 1. The number of carbonyl (C=O) groups is 1. The largest absolute Gasteiger partial charge is 0.316 e. The van der Waals surface area contributed by atoms with Crippen molar-refractivity contribution >= 4 is 22.6 Å². The molecule has 2 heterocycles. The van der Waals surface area contributed by atoms with Gasteiger partial charge in [0.25, 0.3) is 0 Å². The molecular formula is C9H15N5OS. The zero-order chi connectivity index (χ0) is 11.2. The van der Waals surface area contributed by atoms with Crippen LogP contribution in [0.25, 0.3) is 0 Å². The first kappa shape index (κ1) is 11.4. The van der Waals surface area contributed by atoms with Gasteiger partial charge >= 0.3 is 0 Å². The second-order valence-corrected chi connectivity index (χ2v) is 4.70. The molecule has 6 nitrogen and oxygen atoms in total. The van der Waals surface area contributed by atoms with E-state index in [2.05, 4.69) is 25.4 Å². The van der Waals surface area contributed by atoms with Crippen LogP contribution in [0.2, 0.25) is 0 Å². The third-order valence-corrected chi connectivity index (χ3v) is 3.24. The monoisotopic (exact) mass is 241 g/mol. The number of amides is 1. The Hall–Kier alpha value is -1.08. The van der Waals surface area contributed by atoms with Crippen LogP contribution in [0, 0.1) is 5.92 Å². The maximum absolute atomic E-state index is 11.5. The Morgan fingerprint density at radius 1 is 1.62 bits per heavy atom. The molecule has 1 aliphatic heterocycles. The normalized spacial score (nSPS) is 20.6. The Morgan fingerprint density at radius 2 is 2.56 bits per heavy atom. The van der Waals surface area contributed by atoms with Crippen LogP contribution in [0.15, 0.2) is 0 Å². The topological polar surface area (TPSA) is 79.8 Å². The summed E-state index contributed by atoms with van der Waals surface area (Å²) in [5, 5.41) is 13.6. The molecule has 1 aliphatic rings. The molecule has 0 aliphatic carbocycles. The van der Waals surface area contributed by atoms with Gasteiger partial charge in [0.15, 0.2) is 0 Å². The number of nitrogens with one attached hydrogen (secondary N) is 2. The molecule has 1 saturated heterocycles. The second kappa shape index (κ2) is 5.86. The third-order valence-electron chi connectivity index (χ3n) is 2.72. The Kier molecular flexibility index (Phi) is 4.17. The van der Waals surface area contributed by atoms with Crippen LogP contribution in [0.5, 0.6) is 0 Å². The molecular weight excluding hydrogens is 226 g/mol. The van der Waals surface area contributed by atoms with E-state index in [0.717, 1.165) is 31.0 Å². The summed E-state index contributed by atoms with van der Waals surface area (Å²) in [6, 6.07) is 0. The SMILES string of the molecule is O=C(CCC1CCCNC1)Nc1nnns1. The molecule has 0 bridgehead atoms. The third kappa shape index (κ3) is 3.49. The predicted molar refractivity (Wildman–Crippen MR) is 61.2 cm³/mol. The van der Waals surface area contributed by atoms with Crippen molar-refractivity contribution in [1.82, 2.24) is 20.1 Å².